The average molecular weight is 320 g/mol. The zero-order valence-corrected chi connectivity index (χ0v) is 13.1. The van der Waals surface area contributed by atoms with Gasteiger partial charge in [-0.05, 0) is 5.56 Å². The maximum atomic E-state index is 12.3. The van der Waals surface area contributed by atoms with E-state index < -0.39 is 0 Å². The fraction of sp³-hybridized carbons (Fsp3) is 0.375. The molecule has 0 amide bonds. The number of rotatable bonds is 5. The van der Waals surface area contributed by atoms with Crippen LogP contribution in [0, 0.1) is 5.41 Å². The summed E-state index contributed by atoms with van der Waals surface area (Å²) >= 11 is 6.19. The molecule has 0 spiro atoms. The van der Waals surface area contributed by atoms with Crippen molar-refractivity contribution in [2.75, 3.05) is 25.1 Å². The molecule has 0 radical (unpaired) electrons. The molecular formula is C16H18ClN3O2. The number of nitrogens with one attached hydrogen (secondary N) is 1. The molecule has 2 aromatic rings. The number of ether oxygens (including phenoxy) is 1. The summed E-state index contributed by atoms with van der Waals surface area (Å²) in [7, 11) is 0. The van der Waals surface area contributed by atoms with Gasteiger partial charge in [0, 0.05) is 12.0 Å². The molecule has 1 aliphatic rings. The van der Waals surface area contributed by atoms with Gasteiger partial charge in [-0.2, -0.15) is 5.10 Å². The molecule has 0 atom stereocenters. The van der Waals surface area contributed by atoms with Crippen LogP contribution in [0.3, 0.4) is 0 Å². The van der Waals surface area contributed by atoms with Gasteiger partial charge in [0.05, 0.1) is 31.6 Å². The van der Waals surface area contributed by atoms with Crippen LogP contribution in [-0.2, 0) is 11.3 Å². The van der Waals surface area contributed by atoms with Crippen molar-refractivity contribution in [1.29, 1.82) is 0 Å². The van der Waals surface area contributed by atoms with Crippen molar-refractivity contribution in [3.8, 4) is 0 Å². The minimum absolute atomic E-state index is 0.0994. The van der Waals surface area contributed by atoms with Gasteiger partial charge >= 0.3 is 0 Å². The smallest absolute Gasteiger partial charge is 0.287 e. The topological polar surface area (TPSA) is 56.2 Å². The first-order valence-corrected chi connectivity index (χ1v) is 7.56. The summed E-state index contributed by atoms with van der Waals surface area (Å²) in [5.41, 5.74) is 1.39. The molecule has 0 unspecified atom stereocenters. The summed E-state index contributed by atoms with van der Waals surface area (Å²) in [5.74, 6) is 0. The van der Waals surface area contributed by atoms with Crippen molar-refractivity contribution in [3.63, 3.8) is 0 Å². The van der Waals surface area contributed by atoms with E-state index in [1.165, 1.54) is 4.68 Å². The van der Waals surface area contributed by atoms with Gasteiger partial charge in [-0.1, -0.05) is 48.9 Å². The lowest BCUT2D eigenvalue weighted by molar-refractivity contribution is -0.0924. The molecular weight excluding hydrogens is 302 g/mol. The Bertz CT molecular complexity index is 711. The number of hydrogen-bond acceptors (Lipinski definition) is 4. The Morgan fingerprint density at radius 3 is 2.73 bits per heavy atom. The highest BCUT2D eigenvalue weighted by Gasteiger charge is 2.33. The molecule has 0 saturated carbocycles. The molecule has 1 aliphatic heterocycles. The van der Waals surface area contributed by atoms with Crippen molar-refractivity contribution < 1.29 is 4.74 Å². The highest BCUT2D eigenvalue weighted by Crippen LogP contribution is 2.27. The molecule has 6 heteroatoms. The Kier molecular flexibility index (Phi) is 4.18. The van der Waals surface area contributed by atoms with E-state index in [0.717, 1.165) is 18.8 Å². The first kappa shape index (κ1) is 15.1. The Hall–Kier alpha value is -1.85. The van der Waals surface area contributed by atoms with E-state index in [-0.39, 0.29) is 16.0 Å². The summed E-state index contributed by atoms with van der Waals surface area (Å²) in [5, 5.41) is 7.58. The van der Waals surface area contributed by atoms with Crippen LogP contribution < -0.4 is 10.9 Å². The summed E-state index contributed by atoms with van der Waals surface area (Å²) in [6.07, 6.45) is 1.61. The third-order valence-electron chi connectivity index (χ3n) is 3.77. The van der Waals surface area contributed by atoms with Crippen LogP contribution >= 0.6 is 11.6 Å². The number of halogens is 1. The maximum Gasteiger partial charge on any atom is 0.287 e. The number of anilines is 1. The van der Waals surface area contributed by atoms with Crippen molar-refractivity contribution in [2.24, 2.45) is 5.41 Å². The molecule has 2 heterocycles. The number of aromatic nitrogens is 2. The molecule has 0 aliphatic carbocycles. The predicted octanol–water partition coefficient (Wildman–Crippen LogP) is 2.39. The van der Waals surface area contributed by atoms with E-state index in [0.29, 0.717) is 18.8 Å². The molecule has 3 rings (SSSR count). The minimum Gasteiger partial charge on any atom is -0.382 e. The van der Waals surface area contributed by atoms with E-state index in [9.17, 15) is 4.79 Å². The monoisotopic (exact) mass is 319 g/mol. The lowest BCUT2D eigenvalue weighted by Gasteiger charge is -2.38. The molecule has 1 N–H and O–H groups in total. The highest BCUT2D eigenvalue weighted by atomic mass is 35.5. The summed E-state index contributed by atoms with van der Waals surface area (Å²) in [4.78, 5) is 12.3. The van der Waals surface area contributed by atoms with E-state index in [4.69, 9.17) is 16.3 Å². The number of nitrogens with zero attached hydrogens (tertiary/aromatic N) is 2. The van der Waals surface area contributed by atoms with Crippen LogP contribution in [0.4, 0.5) is 5.69 Å². The Balaban J connectivity index is 1.75. The molecule has 1 aromatic heterocycles. The van der Waals surface area contributed by atoms with Crippen molar-refractivity contribution in [1.82, 2.24) is 9.78 Å². The zero-order chi connectivity index (χ0) is 15.6. The first-order chi connectivity index (χ1) is 10.6. The second kappa shape index (κ2) is 6.10. The van der Waals surface area contributed by atoms with Gasteiger partial charge in [0.1, 0.15) is 5.02 Å². The number of benzene rings is 1. The Morgan fingerprint density at radius 2 is 2.09 bits per heavy atom. The Morgan fingerprint density at radius 1 is 1.36 bits per heavy atom. The van der Waals surface area contributed by atoms with E-state index in [2.05, 4.69) is 17.3 Å². The van der Waals surface area contributed by atoms with Gasteiger partial charge < -0.3 is 10.1 Å². The fourth-order valence-corrected chi connectivity index (χ4v) is 2.53. The lowest BCUT2D eigenvalue weighted by Crippen LogP contribution is -2.45. The van der Waals surface area contributed by atoms with Crippen molar-refractivity contribution in [2.45, 2.75) is 13.5 Å². The molecule has 0 bridgehead atoms. The average Bonchev–Trinajstić information content (AvgIpc) is 2.50. The van der Waals surface area contributed by atoms with Crippen LogP contribution in [0.1, 0.15) is 12.5 Å². The van der Waals surface area contributed by atoms with Gasteiger partial charge in [0.15, 0.2) is 0 Å². The highest BCUT2D eigenvalue weighted by molar-refractivity contribution is 6.32. The maximum absolute atomic E-state index is 12.3. The van der Waals surface area contributed by atoms with Crippen LogP contribution in [0.15, 0.2) is 41.3 Å². The largest absolute Gasteiger partial charge is 0.382 e. The van der Waals surface area contributed by atoms with E-state index in [1.54, 1.807) is 6.20 Å². The third kappa shape index (κ3) is 3.15. The molecule has 22 heavy (non-hydrogen) atoms. The second-order valence-electron chi connectivity index (χ2n) is 5.98. The third-order valence-corrected chi connectivity index (χ3v) is 4.13. The molecule has 1 aromatic carbocycles. The van der Waals surface area contributed by atoms with Crippen molar-refractivity contribution in [3.05, 3.63) is 57.5 Å². The van der Waals surface area contributed by atoms with Crippen LogP contribution in [0.2, 0.25) is 5.02 Å². The molecule has 1 fully saturated rings. The number of hydrogen-bond donors (Lipinski definition) is 1. The summed E-state index contributed by atoms with van der Waals surface area (Å²) in [6.45, 7) is 4.68. The first-order valence-electron chi connectivity index (χ1n) is 7.19. The predicted molar refractivity (Wildman–Crippen MR) is 86.5 cm³/mol. The minimum atomic E-state index is -0.287. The fourth-order valence-electron chi connectivity index (χ4n) is 2.32. The van der Waals surface area contributed by atoms with E-state index >= 15 is 0 Å². The van der Waals surface area contributed by atoms with Gasteiger partial charge in [0.25, 0.3) is 5.56 Å². The van der Waals surface area contributed by atoms with Crippen molar-refractivity contribution >= 4 is 17.3 Å². The van der Waals surface area contributed by atoms with Gasteiger partial charge in [-0.25, -0.2) is 4.68 Å². The Labute approximate surface area is 133 Å². The second-order valence-corrected chi connectivity index (χ2v) is 6.36. The SMILES string of the molecule is CC1(CNc2cnn(Cc3ccccc3)c(=O)c2Cl)COC1. The quantitative estimate of drug-likeness (QED) is 0.919. The van der Waals surface area contributed by atoms with Gasteiger partial charge in [-0.3, -0.25) is 4.79 Å². The molecule has 5 nitrogen and oxygen atoms in total. The standard InChI is InChI=1S/C16H18ClN3O2/c1-16(10-22-11-16)9-18-13-7-19-20(15(21)14(13)17)8-12-5-3-2-4-6-12/h2-7,18H,8-11H2,1H3. The van der Waals surface area contributed by atoms with Crippen LogP contribution in [-0.4, -0.2) is 29.5 Å². The van der Waals surface area contributed by atoms with E-state index in [1.807, 2.05) is 30.3 Å². The lowest BCUT2D eigenvalue weighted by atomic mass is 9.89. The zero-order valence-electron chi connectivity index (χ0n) is 12.4. The van der Waals surface area contributed by atoms with Crippen LogP contribution in [0.5, 0.6) is 0 Å². The normalized spacial score (nSPS) is 16.1. The summed E-state index contributed by atoms with van der Waals surface area (Å²) in [6, 6.07) is 9.69. The van der Waals surface area contributed by atoms with Gasteiger partial charge in [0.2, 0.25) is 0 Å². The van der Waals surface area contributed by atoms with Crippen LogP contribution in [0.25, 0.3) is 0 Å². The molecule has 1 saturated heterocycles. The van der Waals surface area contributed by atoms with Gasteiger partial charge in [-0.15, -0.1) is 0 Å². The molecule has 116 valence electrons. The summed E-state index contributed by atoms with van der Waals surface area (Å²) < 4.78 is 6.58.